The summed E-state index contributed by atoms with van der Waals surface area (Å²) in [4.78, 5) is 6.07. The molecule has 0 amide bonds. The molecule has 5 aromatic rings. The maximum absolute atomic E-state index is 14.0. The largest absolute Gasteiger partial charge is 0.218 e. The van der Waals surface area contributed by atoms with E-state index >= 15 is 0 Å². The van der Waals surface area contributed by atoms with E-state index in [0.717, 1.165) is 41.8 Å². The number of hydrogen-bond donors (Lipinski definition) is 0. The summed E-state index contributed by atoms with van der Waals surface area (Å²) in [6.45, 7) is 2.08. The number of rotatable bonds is 3. The minimum absolute atomic E-state index is 0.469. The molecule has 152 valence electrons. The summed E-state index contributed by atoms with van der Waals surface area (Å²) in [5.74, 6) is 0. The zero-order valence-electron chi connectivity index (χ0n) is 16.5. The van der Waals surface area contributed by atoms with Gasteiger partial charge in [0.15, 0.2) is 0 Å². The van der Waals surface area contributed by atoms with Crippen LogP contribution in [0.3, 0.4) is 0 Å². The van der Waals surface area contributed by atoms with Crippen molar-refractivity contribution in [3.05, 3.63) is 83.1 Å². The van der Waals surface area contributed by atoms with Crippen molar-refractivity contribution in [2.24, 2.45) is 0 Å². The predicted octanol–water partition coefficient (Wildman–Crippen LogP) is 7.99. The van der Waals surface area contributed by atoms with Crippen LogP contribution in [-0.2, 0) is 9.84 Å². The van der Waals surface area contributed by atoms with Crippen molar-refractivity contribution in [3.63, 3.8) is 0 Å². The van der Waals surface area contributed by atoms with Gasteiger partial charge in [0.2, 0.25) is 9.84 Å². The van der Waals surface area contributed by atoms with Crippen molar-refractivity contribution in [3.8, 4) is 41.8 Å². The Kier molecular flexibility index (Phi) is 4.34. The van der Waals surface area contributed by atoms with Crippen molar-refractivity contribution in [2.75, 3.05) is 0 Å². The minimum atomic E-state index is -3.63. The highest BCUT2D eigenvalue weighted by Gasteiger charge is 2.42. The van der Waals surface area contributed by atoms with Crippen molar-refractivity contribution >= 4 is 43.8 Å². The Hall–Kier alpha value is -2.51. The Morgan fingerprint density at radius 3 is 2.00 bits per heavy atom. The van der Waals surface area contributed by atoms with Crippen LogP contribution in [0.15, 0.2) is 88.0 Å². The minimum Gasteiger partial charge on any atom is -0.218 e. The summed E-state index contributed by atoms with van der Waals surface area (Å²) in [6, 6.07) is 23.9. The van der Waals surface area contributed by atoms with Gasteiger partial charge in [-0.3, -0.25) is 0 Å². The highest BCUT2D eigenvalue weighted by Crippen LogP contribution is 2.60. The van der Waals surface area contributed by atoms with Crippen LogP contribution < -0.4 is 0 Å². The summed E-state index contributed by atoms with van der Waals surface area (Å²) in [5.41, 5.74) is 3.52. The van der Waals surface area contributed by atoms with Gasteiger partial charge in [0.05, 0.1) is 24.4 Å². The summed E-state index contributed by atoms with van der Waals surface area (Å²) < 4.78 is 28.0. The zero-order chi connectivity index (χ0) is 21.2. The topological polar surface area (TPSA) is 34.1 Å². The molecule has 6 rings (SSSR count). The number of thiophene rings is 3. The second kappa shape index (κ2) is 7.00. The highest BCUT2D eigenvalue weighted by atomic mass is 32.2. The fraction of sp³-hybridized carbons (Fsp3) is 0.0400. The molecule has 0 unspecified atom stereocenters. The first-order valence-electron chi connectivity index (χ1n) is 9.77. The third-order valence-electron chi connectivity index (χ3n) is 5.47. The first-order chi connectivity index (χ1) is 15.1. The number of fused-ring (bicyclic) bond motifs is 3. The van der Waals surface area contributed by atoms with Gasteiger partial charge >= 0.3 is 0 Å². The lowest BCUT2D eigenvalue weighted by atomic mass is 10.0. The molecule has 0 saturated carbocycles. The second-order valence-electron chi connectivity index (χ2n) is 7.42. The maximum atomic E-state index is 14.0. The van der Waals surface area contributed by atoms with Crippen LogP contribution in [0.5, 0.6) is 0 Å². The molecule has 4 heterocycles. The molecule has 0 radical (unpaired) electrons. The third kappa shape index (κ3) is 2.83. The molecule has 2 nitrogen and oxygen atoms in total. The molecule has 6 heteroatoms. The summed E-state index contributed by atoms with van der Waals surface area (Å²) in [6.07, 6.45) is 0. The Morgan fingerprint density at radius 2 is 1.35 bits per heavy atom. The normalized spacial score (nSPS) is 13.8. The number of sulfone groups is 1. The van der Waals surface area contributed by atoms with Gasteiger partial charge in [0.1, 0.15) is 0 Å². The first-order valence-corrected chi connectivity index (χ1v) is 13.8. The Labute approximate surface area is 193 Å². The fourth-order valence-electron chi connectivity index (χ4n) is 4.11. The van der Waals surface area contributed by atoms with Crippen LogP contribution >= 0.6 is 34.0 Å². The molecule has 2 aromatic carbocycles. The van der Waals surface area contributed by atoms with E-state index in [-0.39, 0.29) is 0 Å². The lowest BCUT2D eigenvalue weighted by Crippen LogP contribution is -1.99. The Balaban J connectivity index is 1.67. The highest BCUT2D eigenvalue weighted by molar-refractivity contribution is 7.93. The molecule has 0 aliphatic carbocycles. The van der Waals surface area contributed by atoms with E-state index < -0.39 is 9.84 Å². The monoisotopic (exact) mass is 476 g/mol. The van der Waals surface area contributed by atoms with Gasteiger partial charge in [0.25, 0.3) is 0 Å². The second-order valence-corrected chi connectivity index (χ2v) is 12.4. The van der Waals surface area contributed by atoms with Crippen molar-refractivity contribution in [1.29, 1.82) is 0 Å². The fourth-order valence-corrected chi connectivity index (χ4v) is 10.5. The van der Waals surface area contributed by atoms with Crippen LogP contribution in [0.4, 0.5) is 0 Å². The summed E-state index contributed by atoms with van der Waals surface area (Å²) in [5, 5.41) is 1.98. The number of aryl methyl sites for hydroxylation is 1. The van der Waals surface area contributed by atoms with E-state index in [0.29, 0.717) is 9.79 Å². The van der Waals surface area contributed by atoms with Gasteiger partial charge in [0, 0.05) is 26.3 Å². The van der Waals surface area contributed by atoms with E-state index in [2.05, 4.69) is 19.1 Å². The first kappa shape index (κ1) is 19.2. The molecular weight excluding hydrogens is 461 g/mol. The van der Waals surface area contributed by atoms with Gasteiger partial charge in [-0.25, -0.2) is 8.42 Å². The van der Waals surface area contributed by atoms with Crippen LogP contribution in [0.1, 0.15) is 4.88 Å². The van der Waals surface area contributed by atoms with Gasteiger partial charge in [-0.05, 0) is 30.2 Å². The van der Waals surface area contributed by atoms with E-state index in [1.54, 1.807) is 22.7 Å². The molecule has 0 N–H and O–H groups in total. The molecule has 0 saturated heterocycles. The molecule has 0 fully saturated rings. The van der Waals surface area contributed by atoms with E-state index in [9.17, 15) is 8.42 Å². The molecule has 3 aromatic heterocycles. The van der Waals surface area contributed by atoms with Crippen molar-refractivity contribution in [2.45, 2.75) is 16.7 Å². The Morgan fingerprint density at radius 1 is 0.677 bits per heavy atom. The van der Waals surface area contributed by atoms with Crippen molar-refractivity contribution in [1.82, 2.24) is 0 Å². The van der Waals surface area contributed by atoms with Gasteiger partial charge in [-0.1, -0.05) is 60.7 Å². The zero-order valence-corrected chi connectivity index (χ0v) is 19.7. The standard InChI is InChI=1S/C25H16O2S4/c1-15-12-13-19(29-15)21-20(17-10-6-3-7-11-17)25-23(30-21)22-24(31(25,26)27)18(14-28-22)16-8-4-2-5-9-16/h2-14H,1H3. The van der Waals surface area contributed by atoms with Crippen LogP contribution in [0.2, 0.25) is 0 Å². The lowest BCUT2D eigenvalue weighted by molar-refractivity contribution is 0.599. The summed E-state index contributed by atoms with van der Waals surface area (Å²) in [7, 11) is -3.63. The SMILES string of the molecule is Cc1ccc(-c2sc3c(c2-c2ccccc2)S(=O)(=O)c2c(-c4ccccc4)csc2-3)s1. The van der Waals surface area contributed by atoms with Crippen LogP contribution in [-0.4, -0.2) is 8.42 Å². The average molecular weight is 477 g/mol. The molecule has 0 spiro atoms. The number of hydrogen-bond acceptors (Lipinski definition) is 5. The predicted molar refractivity (Wildman–Crippen MR) is 132 cm³/mol. The molecular formula is C25H16O2S4. The van der Waals surface area contributed by atoms with Gasteiger partial charge in [-0.15, -0.1) is 34.0 Å². The van der Waals surface area contributed by atoms with E-state index in [1.165, 1.54) is 16.2 Å². The smallest absolute Gasteiger partial charge is 0.210 e. The molecule has 0 atom stereocenters. The maximum Gasteiger partial charge on any atom is 0.210 e. The van der Waals surface area contributed by atoms with Crippen molar-refractivity contribution < 1.29 is 8.42 Å². The average Bonchev–Trinajstić information content (AvgIpc) is 3.53. The van der Waals surface area contributed by atoms with Gasteiger partial charge < -0.3 is 0 Å². The quantitative estimate of drug-likeness (QED) is 0.259. The molecule has 31 heavy (non-hydrogen) atoms. The number of benzene rings is 2. The van der Waals surface area contributed by atoms with E-state index in [4.69, 9.17) is 0 Å². The lowest BCUT2D eigenvalue weighted by Gasteiger charge is -2.08. The summed E-state index contributed by atoms with van der Waals surface area (Å²) >= 11 is 4.84. The molecule has 1 aliphatic heterocycles. The van der Waals surface area contributed by atoms with E-state index in [1.807, 2.05) is 66.0 Å². The molecule has 0 bridgehead atoms. The third-order valence-corrected chi connectivity index (χ3v) is 11.1. The van der Waals surface area contributed by atoms with Crippen LogP contribution in [0, 0.1) is 6.92 Å². The van der Waals surface area contributed by atoms with Gasteiger partial charge in [-0.2, -0.15) is 0 Å². The molecule has 1 aliphatic rings. The van der Waals surface area contributed by atoms with Crippen LogP contribution in [0.25, 0.3) is 41.8 Å². The Bertz CT molecular complexity index is 1540.